The lowest BCUT2D eigenvalue weighted by atomic mass is 10.1. The Balaban J connectivity index is 1.88. The summed E-state index contributed by atoms with van der Waals surface area (Å²) in [5.74, 6) is -0.681. The zero-order chi connectivity index (χ0) is 24.5. The van der Waals surface area contributed by atoms with Crippen LogP contribution in [-0.2, 0) is 14.6 Å². The maximum absolute atomic E-state index is 13.6. The standard InChI is InChI=1S/C26H22N2O5S/c1-18-14-19(2)16-23(15-18)27-25(29)24(13-6-10-20-8-4-3-5-9-20)34(32,33)26(27)21-11-7-12-22(17-21)28(30)31/h3-17,26H,1-2H3/b10-6-,24-13-. The summed E-state index contributed by atoms with van der Waals surface area (Å²) in [4.78, 5) is 25.1. The van der Waals surface area contributed by atoms with Crippen LogP contribution in [0.15, 0.2) is 89.9 Å². The van der Waals surface area contributed by atoms with Crippen LogP contribution >= 0.6 is 0 Å². The van der Waals surface area contributed by atoms with E-state index in [9.17, 15) is 23.3 Å². The third-order valence-corrected chi connectivity index (χ3v) is 7.45. The summed E-state index contributed by atoms with van der Waals surface area (Å²) >= 11 is 0. The summed E-state index contributed by atoms with van der Waals surface area (Å²) in [6, 6.07) is 20.1. The maximum atomic E-state index is 13.6. The molecule has 0 aromatic heterocycles. The van der Waals surface area contributed by atoms with E-state index in [0.717, 1.165) is 16.7 Å². The highest BCUT2D eigenvalue weighted by Gasteiger charge is 2.50. The average molecular weight is 475 g/mol. The van der Waals surface area contributed by atoms with Crippen LogP contribution in [0.5, 0.6) is 0 Å². The number of carbonyl (C=O) groups excluding carboxylic acids is 1. The summed E-state index contributed by atoms with van der Waals surface area (Å²) in [5, 5.41) is 9.91. The van der Waals surface area contributed by atoms with Crippen molar-refractivity contribution in [1.82, 2.24) is 0 Å². The SMILES string of the molecule is Cc1cc(C)cc(N2C(=O)/C(=C/C=C\c3ccccc3)S(=O)(=O)C2c2cccc([N+](=O)[O-])c2)c1. The highest BCUT2D eigenvalue weighted by Crippen LogP contribution is 2.43. The summed E-state index contributed by atoms with van der Waals surface area (Å²) in [7, 11) is -4.19. The second-order valence-electron chi connectivity index (χ2n) is 8.07. The molecule has 34 heavy (non-hydrogen) atoms. The molecule has 0 aliphatic carbocycles. The van der Waals surface area contributed by atoms with Crippen LogP contribution in [0, 0.1) is 24.0 Å². The Bertz CT molecular complexity index is 1420. The normalized spacial score (nSPS) is 18.6. The fourth-order valence-corrected chi connectivity index (χ4v) is 5.90. The molecule has 1 aliphatic rings. The van der Waals surface area contributed by atoms with Gasteiger partial charge in [-0.15, -0.1) is 0 Å². The molecule has 172 valence electrons. The lowest BCUT2D eigenvalue weighted by molar-refractivity contribution is -0.384. The molecule has 0 N–H and O–H groups in total. The van der Waals surface area contributed by atoms with E-state index >= 15 is 0 Å². The van der Waals surface area contributed by atoms with Gasteiger partial charge in [-0.3, -0.25) is 19.8 Å². The van der Waals surface area contributed by atoms with E-state index < -0.39 is 26.0 Å². The lowest BCUT2D eigenvalue weighted by Crippen LogP contribution is -2.29. The molecular formula is C26H22N2O5S. The first-order valence-corrected chi connectivity index (χ1v) is 12.1. The minimum absolute atomic E-state index is 0.150. The first kappa shape index (κ1) is 23.1. The summed E-state index contributed by atoms with van der Waals surface area (Å²) in [6.45, 7) is 3.71. The highest BCUT2D eigenvalue weighted by atomic mass is 32.2. The molecule has 0 spiro atoms. The van der Waals surface area contributed by atoms with Gasteiger partial charge in [0.2, 0.25) is 9.84 Å². The van der Waals surface area contributed by atoms with Gasteiger partial charge in [0.1, 0.15) is 4.91 Å². The number of aryl methyl sites for hydroxylation is 2. The molecular weight excluding hydrogens is 452 g/mol. The van der Waals surface area contributed by atoms with Crippen molar-refractivity contribution in [2.75, 3.05) is 4.90 Å². The monoisotopic (exact) mass is 474 g/mol. The fourth-order valence-electron chi connectivity index (χ4n) is 4.05. The third-order valence-electron chi connectivity index (χ3n) is 5.45. The van der Waals surface area contributed by atoms with E-state index in [-0.39, 0.29) is 16.2 Å². The first-order valence-electron chi connectivity index (χ1n) is 10.5. The van der Waals surface area contributed by atoms with Crippen molar-refractivity contribution in [3.8, 4) is 0 Å². The smallest absolute Gasteiger partial charge is 0.271 e. The Morgan fingerprint density at radius 2 is 1.62 bits per heavy atom. The first-order chi connectivity index (χ1) is 16.2. The number of hydrogen-bond donors (Lipinski definition) is 0. The van der Waals surface area contributed by atoms with Gasteiger partial charge in [-0.1, -0.05) is 60.7 Å². The second-order valence-corrected chi connectivity index (χ2v) is 10.0. The van der Waals surface area contributed by atoms with Gasteiger partial charge in [0, 0.05) is 17.8 Å². The molecule has 0 saturated carbocycles. The van der Waals surface area contributed by atoms with Crippen molar-refractivity contribution < 1.29 is 18.1 Å². The van der Waals surface area contributed by atoms with E-state index in [1.165, 1.54) is 41.3 Å². The van der Waals surface area contributed by atoms with Gasteiger partial charge in [0.25, 0.3) is 11.6 Å². The van der Waals surface area contributed by atoms with Crippen LogP contribution in [0.2, 0.25) is 0 Å². The van der Waals surface area contributed by atoms with Crippen molar-refractivity contribution in [3.63, 3.8) is 0 Å². The molecule has 1 unspecified atom stereocenters. The van der Waals surface area contributed by atoms with Crippen molar-refractivity contribution in [3.05, 3.63) is 122 Å². The number of nitrogens with zero attached hydrogens (tertiary/aromatic N) is 2. The highest BCUT2D eigenvalue weighted by molar-refractivity contribution is 7.97. The number of hydrogen-bond acceptors (Lipinski definition) is 5. The molecule has 8 heteroatoms. The molecule has 3 aromatic carbocycles. The number of benzene rings is 3. The number of nitro benzene ring substituents is 1. The fraction of sp³-hybridized carbons (Fsp3) is 0.115. The van der Waals surface area contributed by atoms with Crippen LogP contribution < -0.4 is 4.90 Å². The van der Waals surface area contributed by atoms with E-state index in [1.54, 1.807) is 18.2 Å². The average Bonchev–Trinajstić information content (AvgIpc) is 2.99. The predicted octanol–water partition coefficient (Wildman–Crippen LogP) is 5.27. The molecule has 4 rings (SSSR count). The van der Waals surface area contributed by atoms with E-state index in [1.807, 2.05) is 50.2 Å². The topological polar surface area (TPSA) is 97.6 Å². The van der Waals surface area contributed by atoms with Crippen LogP contribution in [0.3, 0.4) is 0 Å². The number of non-ortho nitro benzene ring substituents is 1. The largest absolute Gasteiger partial charge is 0.286 e. The van der Waals surface area contributed by atoms with Gasteiger partial charge in [-0.2, -0.15) is 0 Å². The van der Waals surface area contributed by atoms with E-state index in [4.69, 9.17) is 0 Å². The zero-order valence-electron chi connectivity index (χ0n) is 18.6. The number of sulfone groups is 1. The van der Waals surface area contributed by atoms with Crippen LogP contribution in [0.1, 0.15) is 27.6 Å². The van der Waals surface area contributed by atoms with Crippen molar-refractivity contribution in [1.29, 1.82) is 0 Å². The molecule has 1 saturated heterocycles. The molecule has 3 aromatic rings. The van der Waals surface area contributed by atoms with Crippen LogP contribution in [0.25, 0.3) is 6.08 Å². The van der Waals surface area contributed by atoms with Crippen molar-refractivity contribution >= 4 is 33.2 Å². The summed E-state index contributed by atoms with van der Waals surface area (Å²) in [6.07, 6.45) is 4.52. The predicted molar refractivity (Wildman–Crippen MR) is 132 cm³/mol. The minimum Gasteiger partial charge on any atom is -0.286 e. The third kappa shape index (κ3) is 4.40. The number of rotatable bonds is 5. The quantitative estimate of drug-likeness (QED) is 0.285. The number of nitro groups is 1. The Morgan fingerprint density at radius 3 is 2.26 bits per heavy atom. The lowest BCUT2D eigenvalue weighted by Gasteiger charge is -2.24. The van der Waals surface area contributed by atoms with Crippen LogP contribution in [-0.4, -0.2) is 19.2 Å². The van der Waals surface area contributed by atoms with E-state index in [0.29, 0.717) is 5.69 Å². The van der Waals surface area contributed by atoms with Gasteiger partial charge in [-0.25, -0.2) is 8.42 Å². The number of carbonyl (C=O) groups is 1. The van der Waals surface area contributed by atoms with Gasteiger partial charge >= 0.3 is 0 Å². The maximum Gasteiger partial charge on any atom is 0.271 e. The van der Waals surface area contributed by atoms with Crippen LogP contribution in [0.4, 0.5) is 11.4 Å². The molecule has 7 nitrogen and oxygen atoms in total. The number of amides is 1. The van der Waals surface area contributed by atoms with Gasteiger partial charge in [0.15, 0.2) is 5.37 Å². The zero-order valence-corrected chi connectivity index (χ0v) is 19.4. The second kappa shape index (κ2) is 9.07. The van der Waals surface area contributed by atoms with Crippen molar-refractivity contribution in [2.45, 2.75) is 19.2 Å². The molecule has 1 amide bonds. The Hall–Kier alpha value is -4.04. The Labute approximate surface area is 197 Å². The minimum atomic E-state index is -4.19. The Morgan fingerprint density at radius 1 is 0.941 bits per heavy atom. The molecule has 1 fully saturated rings. The molecule has 0 radical (unpaired) electrons. The molecule has 1 heterocycles. The van der Waals surface area contributed by atoms with Gasteiger partial charge in [0.05, 0.1) is 4.92 Å². The summed E-state index contributed by atoms with van der Waals surface area (Å²) < 4.78 is 27.3. The molecule has 1 atom stereocenters. The molecule has 1 aliphatic heterocycles. The number of allylic oxidation sites excluding steroid dienone is 2. The van der Waals surface area contributed by atoms with Gasteiger partial charge in [-0.05, 0) is 54.3 Å². The Kier molecular flexibility index (Phi) is 6.17. The number of anilines is 1. The molecule has 0 bridgehead atoms. The summed E-state index contributed by atoms with van der Waals surface area (Å²) in [5.41, 5.74) is 2.89. The van der Waals surface area contributed by atoms with Crippen molar-refractivity contribution in [2.24, 2.45) is 0 Å². The van der Waals surface area contributed by atoms with Gasteiger partial charge < -0.3 is 0 Å². The van der Waals surface area contributed by atoms with E-state index in [2.05, 4.69) is 0 Å².